The van der Waals surface area contributed by atoms with E-state index in [1.807, 2.05) is 24.3 Å². The SMILES string of the molecule is COc1ccc(C[C@@]2(O)CCCCCCC2=O)cc1. The van der Waals surface area contributed by atoms with Crippen LogP contribution in [-0.2, 0) is 11.2 Å². The van der Waals surface area contributed by atoms with Crippen molar-refractivity contribution in [3.63, 3.8) is 0 Å². The van der Waals surface area contributed by atoms with Crippen molar-refractivity contribution in [2.45, 2.75) is 50.5 Å². The zero-order chi connectivity index (χ0) is 13.7. The van der Waals surface area contributed by atoms with Gasteiger partial charge in [-0.15, -0.1) is 0 Å². The van der Waals surface area contributed by atoms with Crippen LogP contribution in [0.4, 0.5) is 0 Å². The lowest BCUT2D eigenvalue weighted by molar-refractivity contribution is -0.138. The van der Waals surface area contributed by atoms with Crippen LogP contribution >= 0.6 is 0 Å². The number of methoxy groups -OCH3 is 1. The molecule has 19 heavy (non-hydrogen) atoms. The highest BCUT2D eigenvalue weighted by molar-refractivity contribution is 5.87. The van der Waals surface area contributed by atoms with Gasteiger partial charge in [-0.1, -0.05) is 31.4 Å². The van der Waals surface area contributed by atoms with E-state index in [9.17, 15) is 9.90 Å². The highest BCUT2D eigenvalue weighted by Crippen LogP contribution is 2.27. The van der Waals surface area contributed by atoms with E-state index < -0.39 is 5.60 Å². The number of ketones is 1. The topological polar surface area (TPSA) is 46.5 Å². The molecule has 0 aliphatic heterocycles. The lowest BCUT2D eigenvalue weighted by Gasteiger charge is -2.28. The summed E-state index contributed by atoms with van der Waals surface area (Å²) in [5.41, 5.74) is -0.188. The van der Waals surface area contributed by atoms with Crippen LogP contribution in [0.15, 0.2) is 24.3 Å². The van der Waals surface area contributed by atoms with Crippen molar-refractivity contribution in [3.05, 3.63) is 29.8 Å². The Hall–Kier alpha value is -1.35. The molecule has 0 spiro atoms. The van der Waals surface area contributed by atoms with E-state index in [0.29, 0.717) is 19.3 Å². The molecule has 104 valence electrons. The number of ether oxygens (including phenoxy) is 1. The number of rotatable bonds is 3. The van der Waals surface area contributed by atoms with E-state index in [1.54, 1.807) is 7.11 Å². The fraction of sp³-hybridized carbons (Fsp3) is 0.562. The summed E-state index contributed by atoms with van der Waals surface area (Å²) in [6.45, 7) is 0. The smallest absolute Gasteiger partial charge is 0.164 e. The molecule has 1 aromatic rings. The van der Waals surface area contributed by atoms with Crippen LogP contribution in [0.5, 0.6) is 5.75 Å². The molecular weight excluding hydrogens is 240 g/mol. The fourth-order valence-electron chi connectivity index (χ4n) is 2.70. The van der Waals surface area contributed by atoms with Gasteiger partial charge in [0, 0.05) is 12.8 Å². The van der Waals surface area contributed by atoms with Gasteiger partial charge in [-0.05, 0) is 30.5 Å². The lowest BCUT2D eigenvalue weighted by Crippen LogP contribution is -2.41. The predicted octanol–water partition coefficient (Wildman–Crippen LogP) is 2.89. The van der Waals surface area contributed by atoms with Gasteiger partial charge in [-0.25, -0.2) is 0 Å². The van der Waals surface area contributed by atoms with Crippen molar-refractivity contribution in [2.24, 2.45) is 0 Å². The van der Waals surface area contributed by atoms with Gasteiger partial charge >= 0.3 is 0 Å². The van der Waals surface area contributed by atoms with Gasteiger partial charge in [0.2, 0.25) is 0 Å². The van der Waals surface area contributed by atoms with Crippen LogP contribution in [0.1, 0.15) is 44.1 Å². The number of hydrogen-bond acceptors (Lipinski definition) is 3. The van der Waals surface area contributed by atoms with Crippen LogP contribution in [0, 0.1) is 0 Å². The molecule has 1 aromatic carbocycles. The van der Waals surface area contributed by atoms with E-state index in [0.717, 1.165) is 37.0 Å². The summed E-state index contributed by atoms with van der Waals surface area (Å²) in [6, 6.07) is 7.57. The summed E-state index contributed by atoms with van der Waals surface area (Å²) in [5.74, 6) is 0.794. The zero-order valence-electron chi connectivity index (χ0n) is 11.5. The van der Waals surface area contributed by atoms with Gasteiger partial charge in [0.15, 0.2) is 5.78 Å². The van der Waals surface area contributed by atoms with E-state index in [2.05, 4.69) is 0 Å². The number of hydrogen-bond donors (Lipinski definition) is 1. The molecule has 1 aliphatic carbocycles. The van der Waals surface area contributed by atoms with Crippen molar-refractivity contribution in [3.8, 4) is 5.75 Å². The molecule has 1 fully saturated rings. The normalized spacial score (nSPS) is 24.6. The minimum atomic E-state index is -1.17. The van der Waals surface area contributed by atoms with Crippen molar-refractivity contribution in [2.75, 3.05) is 7.11 Å². The van der Waals surface area contributed by atoms with Gasteiger partial charge in [-0.3, -0.25) is 4.79 Å². The summed E-state index contributed by atoms with van der Waals surface area (Å²) >= 11 is 0. The summed E-state index contributed by atoms with van der Waals surface area (Å²) < 4.78 is 5.11. The van der Waals surface area contributed by atoms with Gasteiger partial charge < -0.3 is 9.84 Å². The van der Waals surface area contributed by atoms with Gasteiger partial charge in [0.25, 0.3) is 0 Å². The van der Waals surface area contributed by atoms with Crippen LogP contribution < -0.4 is 4.74 Å². The third-order valence-electron chi connectivity index (χ3n) is 3.92. The first-order valence-electron chi connectivity index (χ1n) is 7.03. The minimum absolute atomic E-state index is 0.00279. The molecule has 0 amide bonds. The number of carbonyl (C=O) groups is 1. The molecule has 1 saturated carbocycles. The first-order chi connectivity index (χ1) is 9.14. The van der Waals surface area contributed by atoms with Crippen molar-refractivity contribution in [1.82, 2.24) is 0 Å². The average molecular weight is 262 g/mol. The third kappa shape index (κ3) is 3.57. The average Bonchev–Trinajstić information content (AvgIpc) is 2.41. The molecule has 0 heterocycles. The maximum Gasteiger partial charge on any atom is 0.164 e. The molecule has 0 aromatic heterocycles. The Labute approximate surface area is 114 Å². The molecule has 1 N–H and O–H groups in total. The highest BCUT2D eigenvalue weighted by Gasteiger charge is 2.35. The summed E-state index contributed by atoms with van der Waals surface area (Å²) in [5, 5.41) is 10.6. The quantitative estimate of drug-likeness (QED) is 0.911. The maximum atomic E-state index is 12.1. The van der Waals surface area contributed by atoms with Crippen LogP contribution in [-0.4, -0.2) is 23.6 Å². The molecule has 0 unspecified atom stereocenters. The predicted molar refractivity (Wildman–Crippen MR) is 74.4 cm³/mol. The van der Waals surface area contributed by atoms with E-state index >= 15 is 0 Å². The lowest BCUT2D eigenvalue weighted by atomic mass is 9.81. The standard InChI is InChI=1S/C16H22O3/c1-19-14-9-7-13(8-10-14)12-16(18)11-5-3-2-4-6-15(16)17/h7-10,18H,2-6,11-12H2,1H3/t16-/m0/s1. The molecule has 2 rings (SSSR count). The molecule has 0 radical (unpaired) electrons. The largest absolute Gasteiger partial charge is 0.497 e. The fourth-order valence-corrected chi connectivity index (χ4v) is 2.70. The minimum Gasteiger partial charge on any atom is -0.497 e. The van der Waals surface area contributed by atoms with Crippen LogP contribution in [0.2, 0.25) is 0 Å². The first-order valence-corrected chi connectivity index (χ1v) is 7.03. The zero-order valence-corrected chi connectivity index (χ0v) is 11.5. The summed E-state index contributed by atoms with van der Waals surface area (Å²) in [4.78, 5) is 12.1. The first kappa shape index (κ1) is 14.1. The molecule has 3 heteroatoms. The Morgan fingerprint density at radius 3 is 2.53 bits per heavy atom. The Morgan fingerprint density at radius 2 is 1.84 bits per heavy atom. The van der Waals surface area contributed by atoms with Crippen molar-refractivity contribution < 1.29 is 14.6 Å². The monoisotopic (exact) mass is 262 g/mol. The van der Waals surface area contributed by atoms with Crippen molar-refractivity contribution in [1.29, 1.82) is 0 Å². The number of aliphatic hydroxyl groups is 1. The maximum absolute atomic E-state index is 12.1. The van der Waals surface area contributed by atoms with Gasteiger partial charge in [-0.2, -0.15) is 0 Å². The summed E-state index contributed by atoms with van der Waals surface area (Å²) in [7, 11) is 1.63. The second-order valence-electron chi connectivity index (χ2n) is 5.39. The Morgan fingerprint density at radius 1 is 1.16 bits per heavy atom. The second-order valence-corrected chi connectivity index (χ2v) is 5.39. The van der Waals surface area contributed by atoms with Crippen molar-refractivity contribution >= 4 is 5.78 Å². The Bertz CT molecular complexity index is 424. The summed E-state index contributed by atoms with van der Waals surface area (Å²) in [6.07, 6.45) is 5.55. The van der Waals surface area contributed by atoms with Gasteiger partial charge in [0.1, 0.15) is 11.4 Å². The number of carbonyl (C=O) groups excluding carboxylic acids is 1. The van der Waals surface area contributed by atoms with Crippen LogP contribution in [0.25, 0.3) is 0 Å². The van der Waals surface area contributed by atoms with Gasteiger partial charge in [0.05, 0.1) is 7.11 Å². The molecule has 0 saturated heterocycles. The highest BCUT2D eigenvalue weighted by atomic mass is 16.5. The molecule has 3 nitrogen and oxygen atoms in total. The third-order valence-corrected chi connectivity index (χ3v) is 3.92. The molecule has 0 bridgehead atoms. The Kier molecular flexibility index (Phi) is 4.59. The number of Topliss-reactive ketones (excluding diaryl/α,β-unsaturated/α-hetero) is 1. The van der Waals surface area contributed by atoms with E-state index in [-0.39, 0.29) is 5.78 Å². The number of benzene rings is 1. The van der Waals surface area contributed by atoms with Crippen LogP contribution in [0.3, 0.4) is 0 Å². The molecular formula is C16H22O3. The molecule has 1 aliphatic rings. The van der Waals surface area contributed by atoms with E-state index in [1.165, 1.54) is 0 Å². The molecule has 1 atom stereocenters. The second kappa shape index (κ2) is 6.20. The Balaban J connectivity index is 2.10. The van der Waals surface area contributed by atoms with E-state index in [4.69, 9.17) is 4.74 Å².